The maximum Gasteiger partial charge on any atom is 0.315 e. The summed E-state index contributed by atoms with van der Waals surface area (Å²) < 4.78 is 5.37. The lowest BCUT2D eigenvalue weighted by Gasteiger charge is -2.09. The van der Waals surface area contributed by atoms with Gasteiger partial charge in [-0.15, -0.1) is 0 Å². The first-order valence-electron chi connectivity index (χ1n) is 8.12. The van der Waals surface area contributed by atoms with E-state index in [0.717, 1.165) is 23.3 Å². The normalized spacial score (nSPS) is 18.7. The maximum absolute atomic E-state index is 12.0. The predicted molar refractivity (Wildman–Crippen MR) is 92.5 cm³/mol. The molecule has 2 atom stereocenters. The minimum absolute atomic E-state index is 0.155. The average Bonchev–Trinajstić information content (AvgIpc) is 3.33. The molecule has 1 aliphatic rings. The van der Waals surface area contributed by atoms with E-state index in [1.165, 1.54) is 0 Å². The number of methoxy groups -OCH3 is 1. The molecule has 1 fully saturated rings. The van der Waals surface area contributed by atoms with E-state index < -0.39 is 0 Å². The van der Waals surface area contributed by atoms with Gasteiger partial charge in [-0.2, -0.15) is 0 Å². The second-order valence-corrected chi connectivity index (χ2v) is 6.01. The van der Waals surface area contributed by atoms with Crippen LogP contribution in [0.3, 0.4) is 0 Å². The van der Waals surface area contributed by atoms with Gasteiger partial charge < -0.3 is 20.5 Å². The van der Waals surface area contributed by atoms with Crippen LogP contribution in [0.4, 0.5) is 4.79 Å². The highest BCUT2D eigenvalue weighted by atomic mass is 16.5. The van der Waals surface area contributed by atoms with Crippen LogP contribution in [0.5, 0.6) is 11.5 Å². The zero-order valence-electron chi connectivity index (χ0n) is 13.7. The van der Waals surface area contributed by atoms with Gasteiger partial charge in [0.1, 0.15) is 11.5 Å². The molecule has 5 heteroatoms. The Bertz CT molecular complexity index is 717. The molecule has 126 valence electrons. The van der Waals surface area contributed by atoms with Gasteiger partial charge in [-0.1, -0.05) is 30.3 Å². The van der Waals surface area contributed by atoms with Gasteiger partial charge in [0, 0.05) is 18.5 Å². The summed E-state index contributed by atoms with van der Waals surface area (Å²) in [5.41, 5.74) is 2.14. The van der Waals surface area contributed by atoms with Crippen molar-refractivity contribution in [1.82, 2.24) is 10.6 Å². The molecule has 0 radical (unpaired) electrons. The molecule has 0 unspecified atom stereocenters. The molecular formula is C19H22N2O3. The van der Waals surface area contributed by atoms with Crippen LogP contribution in [0.2, 0.25) is 0 Å². The molecule has 0 aromatic heterocycles. The number of carbonyl (C=O) groups is 1. The first-order chi connectivity index (χ1) is 11.7. The van der Waals surface area contributed by atoms with E-state index >= 15 is 0 Å². The molecule has 24 heavy (non-hydrogen) atoms. The number of phenolic OH excluding ortho intramolecular Hbond substituents is 1. The third-order valence-electron chi connectivity index (χ3n) is 4.26. The molecule has 2 aromatic carbocycles. The summed E-state index contributed by atoms with van der Waals surface area (Å²) in [6, 6.07) is 15.0. The van der Waals surface area contributed by atoms with Crippen LogP contribution in [0.15, 0.2) is 48.5 Å². The zero-order chi connectivity index (χ0) is 16.9. The van der Waals surface area contributed by atoms with Crippen LogP contribution in [0.25, 0.3) is 0 Å². The van der Waals surface area contributed by atoms with Gasteiger partial charge in [-0.3, -0.25) is 0 Å². The molecule has 1 aliphatic carbocycles. The summed E-state index contributed by atoms with van der Waals surface area (Å²) >= 11 is 0. The van der Waals surface area contributed by atoms with Crippen molar-refractivity contribution in [3.05, 3.63) is 59.7 Å². The third kappa shape index (κ3) is 3.98. The number of rotatable bonds is 6. The quantitative estimate of drug-likeness (QED) is 0.764. The molecule has 2 amide bonds. The van der Waals surface area contributed by atoms with Gasteiger partial charge in [0.05, 0.1) is 7.11 Å². The average molecular weight is 326 g/mol. The molecule has 0 aliphatic heterocycles. The van der Waals surface area contributed by atoms with Crippen molar-refractivity contribution in [2.75, 3.05) is 13.7 Å². The van der Waals surface area contributed by atoms with Crippen molar-refractivity contribution in [2.45, 2.75) is 24.8 Å². The van der Waals surface area contributed by atoms with Crippen LogP contribution in [0, 0.1) is 0 Å². The molecule has 0 saturated heterocycles. The van der Waals surface area contributed by atoms with Gasteiger partial charge in [0.15, 0.2) is 0 Å². The third-order valence-corrected chi connectivity index (χ3v) is 4.26. The topological polar surface area (TPSA) is 70.6 Å². The van der Waals surface area contributed by atoms with Crippen molar-refractivity contribution >= 4 is 6.03 Å². The number of amides is 2. The number of benzene rings is 2. The van der Waals surface area contributed by atoms with Crippen molar-refractivity contribution in [2.24, 2.45) is 0 Å². The SMILES string of the molecule is COc1ccccc1[C@H]1C[C@@H]1NC(=O)NCCc1cccc(O)c1. The molecule has 0 bridgehead atoms. The highest BCUT2D eigenvalue weighted by Gasteiger charge is 2.41. The van der Waals surface area contributed by atoms with Gasteiger partial charge in [0.2, 0.25) is 0 Å². The van der Waals surface area contributed by atoms with E-state index in [-0.39, 0.29) is 17.8 Å². The molecule has 1 saturated carbocycles. The predicted octanol–water partition coefficient (Wildman–Crippen LogP) is 2.80. The van der Waals surface area contributed by atoms with E-state index in [2.05, 4.69) is 10.6 Å². The fraction of sp³-hybridized carbons (Fsp3) is 0.316. The number of aromatic hydroxyl groups is 1. The van der Waals surface area contributed by atoms with Crippen LogP contribution in [0.1, 0.15) is 23.5 Å². The molecule has 3 rings (SSSR count). The van der Waals surface area contributed by atoms with E-state index in [9.17, 15) is 9.90 Å². The summed E-state index contributed by atoms with van der Waals surface area (Å²) in [4.78, 5) is 12.0. The number of hydrogen-bond donors (Lipinski definition) is 3. The number of para-hydroxylation sites is 1. The zero-order valence-corrected chi connectivity index (χ0v) is 13.7. The molecular weight excluding hydrogens is 304 g/mol. The van der Waals surface area contributed by atoms with Crippen LogP contribution < -0.4 is 15.4 Å². The fourth-order valence-electron chi connectivity index (χ4n) is 2.92. The standard InChI is InChI=1S/C19H22N2O3/c1-24-18-8-3-2-7-15(18)16-12-17(16)21-19(23)20-10-9-13-5-4-6-14(22)11-13/h2-8,11,16-17,22H,9-10,12H2,1H3,(H2,20,21,23)/t16-,17+/m1/s1. The van der Waals surface area contributed by atoms with Gasteiger partial charge in [-0.05, 0) is 42.2 Å². The number of hydrogen-bond acceptors (Lipinski definition) is 3. The van der Waals surface area contributed by atoms with Gasteiger partial charge >= 0.3 is 6.03 Å². The Morgan fingerprint density at radius 2 is 2.08 bits per heavy atom. The summed E-state index contributed by atoms with van der Waals surface area (Å²) in [5.74, 6) is 1.43. The highest BCUT2D eigenvalue weighted by Crippen LogP contribution is 2.44. The molecule has 0 heterocycles. The summed E-state index contributed by atoms with van der Waals surface area (Å²) in [6.07, 6.45) is 1.61. The Morgan fingerprint density at radius 1 is 1.25 bits per heavy atom. The number of urea groups is 1. The fourth-order valence-corrected chi connectivity index (χ4v) is 2.92. The second kappa shape index (κ2) is 7.25. The first-order valence-corrected chi connectivity index (χ1v) is 8.12. The van der Waals surface area contributed by atoms with Crippen LogP contribution in [-0.2, 0) is 6.42 Å². The van der Waals surface area contributed by atoms with Crippen molar-refractivity contribution in [1.29, 1.82) is 0 Å². The largest absolute Gasteiger partial charge is 0.508 e. The summed E-state index contributed by atoms with van der Waals surface area (Å²) in [7, 11) is 1.66. The Labute approximate surface area is 141 Å². The second-order valence-electron chi connectivity index (χ2n) is 6.01. The van der Waals surface area contributed by atoms with Crippen molar-refractivity contribution in [3.63, 3.8) is 0 Å². The molecule has 2 aromatic rings. The van der Waals surface area contributed by atoms with Crippen LogP contribution in [-0.4, -0.2) is 30.8 Å². The van der Waals surface area contributed by atoms with Crippen molar-refractivity contribution < 1.29 is 14.6 Å². The van der Waals surface area contributed by atoms with E-state index in [4.69, 9.17) is 4.74 Å². The Balaban J connectivity index is 1.43. The smallest absolute Gasteiger partial charge is 0.315 e. The van der Waals surface area contributed by atoms with Crippen molar-refractivity contribution in [3.8, 4) is 11.5 Å². The summed E-state index contributed by atoms with van der Waals surface area (Å²) in [5, 5.41) is 15.3. The number of nitrogens with one attached hydrogen (secondary N) is 2. The van der Waals surface area contributed by atoms with Crippen LogP contribution >= 0.6 is 0 Å². The van der Waals surface area contributed by atoms with E-state index in [1.54, 1.807) is 25.3 Å². The monoisotopic (exact) mass is 326 g/mol. The summed E-state index contributed by atoms with van der Waals surface area (Å²) in [6.45, 7) is 0.529. The first kappa shape index (κ1) is 16.2. The van der Waals surface area contributed by atoms with Gasteiger partial charge in [0.25, 0.3) is 0 Å². The maximum atomic E-state index is 12.0. The molecule has 0 spiro atoms. The Hall–Kier alpha value is -2.69. The van der Waals surface area contributed by atoms with E-state index in [1.807, 2.05) is 30.3 Å². The Kier molecular flexibility index (Phi) is 4.89. The molecule has 5 nitrogen and oxygen atoms in total. The lowest BCUT2D eigenvalue weighted by molar-refractivity contribution is 0.240. The lowest BCUT2D eigenvalue weighted by Crippen LogP contribution is -2.38. The number of carbonyl (C=O) groups excluding carboxylic acids is 1. The number of ether oxygens (including phenoxy) is 1. The minimum atomic E-state index is -0.155. The van der Waals surface area contributed by atoms with Gasteiger partial charge in [-0.25, -0.2) is 4.79 Å². The molecule has 3 N–H and O–H groups in total. The minimum Gasteiger partial charge on any atom is -0.508 e. The van der Waals surface area contributed by atoms with E-state index in [0.29, 0.717) is 18.9 Å². The highest BCUT2D eigenvalue weighted by molar-refractivity contribution is 5.75. The lowest BCUT2D eigenvalue weighted by atomic mass is 10.1. The Morgan fingerprint density at radius 3 is 2.88 bits per heavy atom. The number of phenols is 1.